The third-order valence-electron chi connectivity index (χ3n) is 9.15. The van der Waals surface area contributed by atoms with Gasteiger partial charge in [0.2, 0.25) is 0 Å². The molecular formula is C43H49N5O4V. The average Bonchev–Trinajstić information content (AvgIpc) is 3.58. The molecule has 1 aliphatic rings. The number of aromatic nitrogens is 2. The van der Waals surface area contributed by atoms with E-state index in [2.05, 4.69) is 25.0 Å². The number of aliphatic hydroxyl groups excluding tert-OH is 1. The summed E-state index contributed by atoms with van der Waals surface area (Å²) in [5.74, 6) is 0.523. The Morgan fingerprint density at radius 1 is 0.925 bits per heavy atom. The quantitative estimate of drug-likeness (QED) is 0.121. The number of rotatable bonds is 13. The average molecular weight is 751 g/mol. The van der Waals surface area contributed by atoms with Crippen molar-refractivity contribution < 1.29 is 38.0 Å². The van der Waals surface area contributed by atoms with E-state index in [1.807, 2.05) is 90.7 Å². The van der Waals surface area contributed by atoms with Crippen LogP contribution in [0.3, 0.4) is 0 Å². The van der Waals surface area contributed by atoms with Crippen molar-refractivity contribution >= 4 is 17.5 Å². The van der Waals surface area contributed by atoms with E-state index < -0.39 is 0 Å². The molecule has 1 radical (unpaired) electrons. The minimum atomic E-state index is -0.360. The van der Waals surface area contributed by atoms with Gasteiger partial charge in [-0.25, -0.2) is 4.68 Å². The van der Waals surface area contributed by atoms with Crippen molar-refractivity contribution in [2.45, 2.75) is 72.1 Å². The molecule has 0 spiro atoms. The molecule has 275 valence electrons. The van der Waals surface area contributed by atoms with Crippen LogP contribution in [0.2, 0.25) is 0 Å². The van der Waals surface area contributed by atoms with E-state index in [1.165, 1.54) is 0 Å². The molecule has 0 saturated carbocycles. The van der Waals surface area contributed by atoms with Crippen molar-refractivity contribution in [3.63, 3.8) is 0 Å². The van der Waals surface area contributed by atoms with Gasteiger partial charge < -0.3 is 25.4 Å². The first-order valence-electron chi connectivity index (χ1n) is 18.2. The number of fused-ring (bicyclic) bond motifs is 1. The Bertz CT molecular complexity index is 1850. The van der Waals surface area contributed by atoms with Crippen molar-refractivity contribution in [2.24, 2.45) is 0 Å². The summed E-state index contributed by atoms with van der Waals surface area (Å²) in [5.41, 5.74) is 13.6. The number of unbranched alkanes of at least 4 members (excludes halogenated alkanes) is 2. The van der Waals surface area contributed by atoms with E-state index in [0.717, 1.165) is 53.8 Å². The Balaban J connectivity index is 0.000000349. The van der Waals surface area contributed by atoms with Gasteiger partial charge in [0.15, 0.2) is 5.69 Å². The van der Waals surface area contributed by atoms with E-state index in [9.17, 15) is 14.7 Å². The Hall–Kier alpha value is -4.83. The second kappa shape index (κ2) is 20.4. The topological polar surface area (TPSA) is 112 Å². The molecule has 0 unspecified atom stereocenters. The summed E-state index contributed by atoms with van der Waals surface area (Å²) < 4.78 is 7.19. The zero-order valence-electron chi connectivity index (χ0n) is 30.9. The zero-order chi connectivity index (χ0) is 36.9. The van der Waals surface area contributed by atoms with Gasteiger partial charge in [-0.05, 0) is 61.6 Å². The third-order valence-corrected chi connectivity index (χ3v) is 9.15. The zero-order valence-corrected chi connectivity index (χ0v) is 32.3. The molecule has 2 amide bonds. The van der Waals surface area contributed by atoms with Gasteiger partial charge in [0.05, 0.1) is 30.5 Å². The van der Waals surface area contributed by atoms with E-state index in [-0.39, 0.29) is 48.7 Å². The Labute approximate surface area is 325 Å². The number of hydrogen-bond acceptors (Lipinski definition) is 5. The number of ether oxygens (including phenoxy) is 1. The molecule has 0 saturated heterocycles. The van der Waals surface area contributed by atoms with E-state index in [0.29, 0.717) is 49.6 Å². The first kappa shape index (κ1) is 40.9. The van der Waals surface area contributed by atoms with Crippen LogP contribution in [0.5, 0.6) is 5.75 Å². The van der Waals surface area contributed by atoms with Crippen LogP contribution in [0.1, 0.15) is 82.8 Å². The fourth-order valence-corrected chi connectivity index (χ4v) is 6.23. The molecule has 5 aromatic rings. The van der Waals surface area contributed by atoms with Gasteiger partial charge in [0.1, 0.15) is 5.75 Å². The molecule has 0 bridgehead atoms. The predicted molar refractivity (Wildman–Crippen MR) is 205 cm³/mol. The monoisotopic (exact) mass is 750 g/mol. The maximum absolute atomic E-state index is 13.9. The largest absolute Gasteiger partial charge is 2.00 e. The molecule has 1 aliphatic heterocycles. The normalized spacial score (nSPS) is 13.2. The number of benzene rings is 4. The summed E-state index contributed by atoms with van der Waals surface area (Å²) in [4.78, 5) is 30.9. The fraction of sp³-hybridized carbons (Fsp3) is 0.326. The number of para-hydroxylation sites is 1. The van der Waals surface area contributed by atoms with Crippen LogP contribution in [0.15, 0.2) is 103 Å². The van der Waals surface area contributed by atoms with Gasteiger partial charge in [-0.2, -0.15) is 35.4 Å². The van der Waals surface area contributed by atoms with Crippen LogP contribution in [-0.2, 0) is 38.1 Å². The second-order valence-corrected chi connectivity index (χ2v) is 13.0. The first-order chi connectivity index (χ1) is 25.3. The van der Waals surface area contributed by atoms with Crippen LogP contribution >= 0.6 is 0 Å². The number of aliphatic hydroxyl groups is 1. The van der Waals surface area contributed by atoms with E-state index in [1.54, 1.807) is 33.8 Å². The molecule has 0 fully saturated rings. The Kier molecular flexibility index (Phi) is 15.8. The number of carbonyl (C=O) groups excluding carboxylic acids is 2. The number of nitrogens with zero attached hydrogens (tertiary/aromatic N) is 4. The summed E-state index contributed by atoms with van der Waals surface area (Å²) >= 11 is 0. The molecule has 53 heavy (non-hydrogen) atoms. The number of amides is 2. The summed E-state index contributed by atoms with van der Waals surface area (Å²) in [6.07, 6.45) is 4.45. The van der Waals surface area contributed by atoms with Crippen molar-refractivity contribution in [2.75, 3.05) is 19.7 Å². The van der Waals surface area contributed by atoms with Crippen LogP contribution in [0.25, 0.3) is 11.4 Å². The van der Waals surface area contributed by atoms with Gasteiger partial charge in [-0.15, -0.1) is 11.3 Å². The Morgan fingerprint density at radius 2 is 1.60 bits per heavy atom. The summed E-state index contributed by atoms with van der Waals surface area (Å²) in [7, 11) is 0. The van der Waals surface area contributed by atoms with E-state index >= 15 is 0 Å². The van der Waals surface area contributed by atoms with Gasteiger partial charge in [-0.1, -0.05) is 81.3 Å². The number of nitrogens with one attached hydrogen (secondary N) is 1. The number of carbonyl (C=O) groups is 2. The van der Waals surface area contributed by atoms with Gasteiger partial charge >= 0.3 is 18.6 Å². The Morgan fingerprint density at radius 3 is 2.26 bits per heavy atom. The van der Waals surface area contributed by atoms with Crippen molar-refractivity contribution in [1.82, 2.24) is 19.6 Å². The summed E-state index contributed by atoms with van der Waals surface area (Å²) in [6, 6.07) is 35.0. The molecule has 1 aromatic heterocycles. The third kappa shape index (κ3) is 10.9. The molecule has 1 atom stereocenters. The van der Waals surface area contributed by atoms with Crippen LogP contribution < -0.4 is 4.74 Å². The molecule has 0 aliphatic carbocycles. The molecular weight excluding hydrogens is 701 g/mol. The van der Waals surface area contributed by atoms with Crippen LogP contribution in [0, 0.1) is 13.0 Å². The predicted octanol–water partition coefficient (Wildman–Crippen LogP) is 8.53. The van der Waals surface area contributed by atoms with Gasteiger partial charge in [0, 0.05) is 25.3 Å². The molecule has 10 heteroatoms. The molecule has 2 N–H and O–H groups in total. The maximum atomic E-state index is 13.9. The maximum Gasteiger partial charge on any atom is 2.00 e. The van der Waals surface area contributed by atoms with Gasteiger partial charge in [0.25, 0.3) is 11.8 Å². The molecule has 9 nitrogen and oxygen atoms in total. The summed E-state index contributed by atoms with van der Waals surface area (Å²) in [5, 5.41) is 14.8. The SMILES string of the molecule is CCCCN(CCCC)C(=O)c1cc(C)n(-c2ccc([NH-])cc2C(=O)N2Cc3ccccc3C[C@H]2CO)n1.[V+2].[c-]1ccccc1COc1ccccc1. The second-order valence-electron chi connectivity index (χ2n) is 13.0. The molecule has 6 rings (SSSR count). The van der Waals surface area contributed by atoms with Crippen LogP contribution in [-0.4, -0.2) is 62.2 Å². The van der Waals surface area contributed by atoms with E-state index in [4.69, 9.17) is 10.5 Å². The molecule has 2 heterocycles. The fourth-order valence-electron chi connectivity index (χ4n) is 6.23. The minimum absolute atomic E-state index is 0. The van der Waals surface area contributed by atoms with Gasteiger partial charge in [-0.3, -0.25) is 9.59 Å². The number of aryl methyl sites for hydroxylation is 1. The van der Waals surface area contributed by atoms with Crippen LogP contribution in [0.4, 0.5) is 5.69 Å². The van der Waals surface area contributed by atoms with Crippen molar-refractivity contribution in [3.8, 4) is 11.4 Å². The summed E-state index contributed by atoms with van der Waals surface area (Å²) in [6.45, 7) is 8.27. The molecule has 4 aromatic carbocycles. The van der Waals surface area contributed by atoms with Crippen molar-refractivity contribution in [1.29, 1.82) is 0 Å². The standard InChI is InChI=1S/C30H38N5O3.C13H11O.V/c1-4-6-14-33(15-7-5-2)30(38)27-16-21(3)35(32-27)28-13-12-24(31)18-26(28)29(37)34-19-23-11-9-8-10-22(23)17-25(34)20-36;1-3-7-12(8-4-1)11-14-13-9-5-2-6-10-13;/h8-13,16,18,25,31,36H,4-7,14-15,17,19-20H2,1-3H3;1-7,9-10H,11H2;/q2*-1;+2/t25-;;/m0../s1. The minimum Gasteiger partial charge on any atom is -0.699 e. The smallest absolute Gasteiger partial charge is 0.699 e. The van der Waals surface area contributed by atoms with Crippen molar-refractivity contribution in [3.05, 3.63) is 149 Å². The number of hydrogen-bond donors (Lipinski definition) is 1. The first-order valence-corrected chi connectivity index (χ1v) is 18.2.